The molecular weight excluding hydrogens is 510 g/mol. The monoisotopic (exact) mass is 557 g/mol. The van der Waals surface area contributed by atoms with Gasteiger partial charge in [-0.25, -0.2) is 0 Å². The predicted molar refractivity (Wildman–Crippen MR) is 117 cm³/mol. The molecule has 0 spiro atoms. The van der Waals surface area contributed by atoms with Gasteiger partial charge in [0.15, 0.2) is 0 Å². The van der Waals surface area contributed by atoms with Crippen LogP contribution in [0.3, 0.4) is 0 Å². The van der Waals surface area contributed by atoms with Gasteiger partial charge in [-0.15, -0.1) is 4.91 Å². The van der Waals surface area contributed by atoms with Gasteiger partial charge in [-0.3, -0.25) is 0 Å². The van der Waals surface area contributed by atoms with E-state index in [2.05, 4.69) is 83.1 Å². The number of nitrogens with zero attached hydrogens (tertiary/aromatic N) is 1. The molecule has 0 saturated carbocycles. The van der Waals surface area contributed by atoms with E-state index in [1.165, 1.54) is 0 Å². The Morgan fingerprint density at radius 2 is 0.542 bits per heavy atom. The van der Waals surface area contributed by atoms with Crippen LogP contribution in [0.2, 0.25) is 0 Å². The topological polar surface area (TPSA) is 39.4 Å². The summed E-state index contributed by atoms with van der Waals surface area (Å²) in [5.41, 5.74) is 11.1. The van der Waals surface area contributed by atoms with Crippen LogP contribution in [-0.2, 0) is 19.8 Å². The molecule has 0 unspecified atom stereocenters. The zero-order valence-corrected chi connectivity index (χ0v) is 22.9. The van der Waals surface area contributed by atoms with Gasteiger partial charge in [-0.2, -0.15) is 0 Å². The average Bonchev–Trinajstić information content (AvgIpc) is 2.28. The Hall–Kier alpha value is 1.10. The van der Waals surface area contributed by atoms with Crippen LogP contribution in [0.15, 0.2) is 0 Å². The van der Waals surface area contributed by atoms with Crippen molar-refractivity contribution >= 4 is 15.8 Å². The van der Waals surface area contributed by atoms with Crippen LogP contribution in [0, 0.1) is 12.3 Å². The fourth-order valence-corrected chi connectivity index (χ4v) is 10.7. The third kappa shape index (κ3) is 17.9. The summed E-state index contributed by atoms with van der Waals surface area (Å²) in [5, 5.41) is 0. The summed E-state index contributed by atoms with van der Waals surface area (Å²) in [6.07, 6.45) is 0. The van der Waals surface area contributed by atoms with Crippen LogP contribution >= 0.6 is 15.8 Å². The van der Waals surface area contributed by atoms with E-state index in [1.54, 1.807) is 0 Å². The number of hydrogen-bond donors (Lipinski definition) is 0. The van der Waals surface area contributed by atoms with Crippen molar-refractivity contribution in [1.82, 2.24) is 5.59 Å². The zero-order chi connectivity index (χ0) is 18.6. The summed E-state index contributed by atoms with van der Waals surface area (Å²) in [5.74, 6) is 0. The van der Waals surface area contributed by atoms with Crippen molar-refractivity contribution in [1.29, 1.82) is 0 Å². The molecule has 0 rings (SSSR count). The standard InChI is InChI=1S/2C9H21P.CH3.NO.Os/c2*1-7(2)10(8(3)4)9(5)6;;1-2;/h2*7-9H,1-6H3;1H3;;/q;;-1;;+1. The Bertz CT molecular complexity index is 185. The number of rotatable bonds is 6. The van der Waals surface area contributed by atoms with E-state index in [1.807, 2.05) is 0 Å². The molecule has 0 aliphatic rings. The largest absolute Gasteiger partial charge is 1.00 e. The first-order valence-electron chi connectivity index (χ1n) is 8.66. The van der Waals surface area contributed by atoms with Crippen LogP contribution in [-0.4, -0.2) is 34.0 Å². The van der Waals surface area contributed by atoms with Crippen molar-refractivity contribution in [3.8, 4) is 0 Å². The molecule has 0 aliphatic carbocycles. The van der Waals surface area contributed by atoms with Crippen LogP contribution in [0.1, 0.15) is 83.1 Å². The Morgan fingerprint density at radius 3 is 0.542 bits per heavy atom. The summed E-state index contributed by atoms with van der Waals surface area (Å²) in [4.78, 5) is 7.25. The zero-order valence-electron chi connectivity index (χ0n) is 18.6. The number of hydrogen-bond acceptors (Lipinski definition) is 1. The first-order chi connectivity index (χ1) is 9.93. The predicted octanol–water partition coefficient (Wildman–Crippen LogP) is 7.39. The molecule has 0 aliphatic heterocycles. The molecule has 0 aromatic heterocycles. The summed E-state index contributed by atoms with van der Waals surface area (Å²) in [7, 11) is 0.525. The first-order valence-corrected chi connectivity index (χ1v) is 11.8. The second kappa shape index (κ2) is 20.4. The Kier molecular flexibility index (Phi) is 30.7. The Balaban J connectivity index is -0.0000000843. The first kappa shape index (κ1) is 36.1. The maximum Gasteiger partial charge on any atom is 1.00 e. The molecule has 0 saturated heterocycles. The molecule has 5 heteroatoms. The van der Waals surface area contributed by atoms with Gasteiger partial charge in [-0.1, -0.05) is 98.9 Å². The second-order valence-electron chi connectivity index (χ2n) is 7.46. The van der Waals surface area contributed by atoms with Crippen LogP contribution in [0.4, 0.5) is 0 Å². The molecule has 150 valence electrons. The SMILES string of the molecule is CC(C)P(C(C)C)C(C)C.CC(C)P(C(C)C)C(C)C.[CH3-].[N]=O.[Os+]. The van der Waals surface area contributed by atoms with Crippen molar-refractivity contribution in [2.24, 2.45) is 0 Å². The minimum Gasteiger partial charge on any atom is -0.358 e. The summed E-state index contributed by atoms with van der Waals surface area (Å²) >= 11 is 0. The van der Waals surface area contributed by atoms with Gasteiger partial charge < -0.3 is 7.43 Å². The smallest absolute Gasteiger partial charge is 0.358 e. The van der Waals surface area contributed by atoms with Gasteiger partial charge in [0, 0.05) is 0 Å². The van der Waals surface area contributed by atoms with E-state index in [0.717, 1.165) is 34.0 Å². The summed E-state index contributed by atoms with van der Waals surface area (Å²) < 4.78 is 0. The van der Waals surface area contributed by atoms with Crippen LogP contribution < -0.4 is 5.59 Å². The van der Waals surface area contributed by atoms with Crippen molar-refractivity contribution in [3.05, 3.63) is 12.3 Å². The molecule has 0 aromatic carbocycles. The quantitative estimate of drug-likeness (QED) is 0.249. The van der Waals surface area contributed by atoms with Gasteiger partial charge >= 0.3 is 19.8 Å². The van der Waals surface area contributed by atoms with Crippen molar-refractivity contribution in [2.75, 3.05) is 0 Å². The summed E-state index contributed by atoms with van der Waals surface area (Å²) in [6, 6.07) is 0. The second-order valence-corrected chi connectivity index (χ2v) is 15.4. The molecule has 2 radical (unpaired) electrons. The van der Waals surface area contributed by atoms with Crippen molar-refractivity contribution < 1.29 is 19.8 Å². The molecule has 0 bridgehead atoms. The summed E-state index contributed by atoms with van der Waals surface area (Å²) in [6.45, 7) is 28.2. The Morgan fingerprint density at radius 1 is 0.458 bits per heavy atom. The minimum absolute atomic E-state index is 0. The van der Waals surface area contributed by atoms with E-state index in [-0.39, 0.29) is 43.1 Å². The van der Waals surface area contributed by atoms with Gasteiger partial charge in [0.1, 0.15) is 5.59 Å². The van der Waals surface area contributed by atoms with E-state index >= 15 is 0 Å². The third-order valence-corrected chi connectivity index (χ3v) is 10.7. The van der Waals surface area contributed by atoms with Crippen LogP contribution in [0.5, 0.6) is 0 Å². The van der Waals surface area contributed by atoms with Gasteiger partial charge in [0.05, 0.1) is 0 Å². The fraction of sp³-hybridized carbons (Fsp3) is 0.947. The third-order valence-electron chi connectivity index (χ3n) is 3.58. The van der Waals surface area contributed by atoms with Gasteiger partial charge in [-0.05, 0) is 34.0 Å². The van der Waals surface area contributed by atoms with Gasteiger partial charge in [0.2, 0.25) is 0 Å². The maximum atomic E-state index is 7.25. The van der Waals surface area contributed by atoms with E-state index in [4.69, 9.17) is 10.5 Å². The minimum atomic E-state index is 0. The normalized spacial score (nSPS) is 10.7. The molecule has 0 aromatic rings. The molecule has 24 heavy (non-hydrogen) atoms. The average molecular weight is 556 g/mol. The number of nitroso groups, excluding NO2 is 1. The molecule has 2 nitrogen and oxygen atoms in total. The van der Waals surface area contributed by atoms with Gasteiger partial charge in [0.25, 0.3) is 0 Å². The molecule has 0 fully saturated rings. The maximum absolute atomic E-state index is 7.25. The molecule has 0 atom stereocenters. The molecule has 0 amide bonds. The van der Waals surface area contributed by atoms with Crippen molar-refractivity contribution in [2.45, 2.75) is 117 Å². The van der Waals surface area contributed by atoms with Crippen LogP contribution in [0.25, 0.3) is 0 Å². The fourth-order valence-electron chi connectivity index (χ4n) is 3.58. The molecular formula is C19H45NOOsP2. The molecule has 0 N–H and O–H groups in total. The van der Waals surface area contributed by atoms with E-state index < -0.39 is 0 Å². The molecule has 0 heterocycles. The van der Waals surface area contributed by atoms with Crippen molar-refractivity contribution in [3.63, 3.8) is 0 Å². The Labute approximate surface area is 170 Å². The van der Waals surface area contributed by atoms with E-state index in [9.17, 15) is 0 Å². The van der Waals surface area contributed by atoms with E-state index in [0.29, 0.717) is 0 Å².